The lowest BCUT2D eigenvalue weighted by atomic mass is 9.69. The average Bonchev–Trinajstić information content (AvgIpc) is 2.21. The van der Waals surface area contributed by atoms with Gasteiger partial charge in [-0.2, -0.15) is 0 Å². The van der Waals surface area contributed by atoms with E-state index in [1.807, 2.05) is 13.0 Å². The summed E-state index contributed by atoms with van der Waals surface area (Å²) in [6, 6.07) is 3.57. The monoisotopic (exact) mass is 248 g/mol. The van der Waals surface area contributed by atoms with E-state index in [4.69, 9.17) is 0 Å². The standard InChI is InChI=1S/C15H20O3/c1-8(2)10-7-13(17)15(4,18)14-11(10)5-9(3)6-12(14)16/h5-6,8,10,16,18H,7H2,1-4H3/t10-,15+/m0/s1. The third kappa shape index (κ3) is 1.83. The fourth-order valence-corrected chi connectivity index (χ4v) is 2.86. The van der Waals surface area contributed by atoms with Crippen LogP contribution in [0.5, 0.6) is 5.75 Å². The van der Waals surface area contributed by atoms with E-state index in [9.17, 15) is 15.0 Å². The van der Waals surface area contributed by atoms with Gasteiger partial charge in [-0.25, -0.2) is 0 Å². The molecule has 2 atom stereocenters. The molecule has 0 bridgehead atoms. The molecule has 1 aromatic carbocycles. The molecule has 1 aliphatic carbocycles. The predicted octanol–water partition coefficient (Wildman–Crippen LogP) is 2.62. The normalized spacial score (nSPS) is 27.4. The van der Waals surface area contributed by atoms with Crippen LogP contribution in [-0.2, 0) is 10.4 Å². The van der Waals surface area contributed by atoms with Crippen molar-refractivity contribution in [2.24, 2.45) is 5.92 Å². The van der Waals surface area contributed by atoms with E-state index in [1.54, 1.807) is 6.07 Å². The Morgan fingerprint density at radius 3 is 2.56 bits per heavy atom. The van der Waals surface area contributed by atoms with Gasteiger partial charge in [0.05, 0.1) is 0 Å². The molecule has 0 saturated carbocycles. The van der Waals surface area contributed by atoms with Crippen LogP contribution >= 0.6 is 0 Å². The van der Waals surface area contributed by atoms with Crippen molar-refractivity contribution >= 4 is 5.78 Å². The Morgan fingerprint density at radius 2 is 2.00 bits per heavy atom. The van der Waals surface area contributed by atoms with Crippen LogP contribution in [0.25, 0.3) is 0 Å². The van der Waals surface area contributed by atoms with Crippen molar-refractivity contribution in [1.82, 2.24) is 0 Å². The summed E-state index contributed by atoms with van der Waals surface area (Å²) < 4.78 is 0. The molecule has 3 heteroatoms. The molecule has 0 amide bonds. The van der Waals surface area contributed by atoms with E-state index in [1.165, 1.54) is 6.92 Å². The van der Waals surface area contributed by atoms with Crippen LogP contribution in [0, 0.1) is 12.8 Å². The second kappa shape index (κ2) is 4.09. The van der Waals surface area contributed by atoms with Gasteiger partial charge in [0.1, 0.15) is 11.4 Å². The molecule has 0 saturated heterocycles. The Balaban J connectivity index is 2.72. The predicted molar refractivity (Wildman–Crippen MR) is 69.6 cm³/mol. The Labute approximate surface area is 107 Å². The number of aryl methyl sites for hydroxylation is 1. The van der Waals surface area contributed by atoms with Crippen LogP contribution in [0.3, 0.4) is 0 Å². The number of ketones is 1. The highest BCUT2D eigenvalue weighted by Gasteiger charge is 2.44. The van der Waals surface area contributed by atoms with Crippen LogP contribution in [0.2, 0.25) is 0 Å². The van der Waals surface area contributed by atoms with Crippen molar-refractivity contribution in [2.75, 3.05) is 0 Å². The number of fused-ring (bicyclic) bond motifs is 1. The molecule has 2 rings (SSSR count). The zero-order valence-corrected chi connectivity index (χ0v) is 11.3. The van der Waals surface area contributed by atoms with Crippen molar-refractivity contribution in [3.8, 4) is 5.75 Å². The van der Waals surface area contributed by atoms with E-state index in [-0.39, 0.29) is 17.5 Å². The molecule has 1 aliphatic rings. The summed E-state index contributed by atoms with van der Waals surface area (Å²) in [6.45, 7) is 7.49. The maximum absolute atomic E-state index is 12.1. The number of aliphatic hydroxyl groups is 1. The quantitative estimate of drug-likeness (QED) is 0.803. The summed E-state index contributed by atoms with van der Waals surface area (Å²) in [5.41, 5.74) is 0.676. The van der Waals surface area contributed by atoms with E-state index in [0.717, 1.165) is 11.1 Å². The molecule has 0 aliphatic heterocycles. The second-order valence-electron chi connectivity index (χ2n) is 5.80. The molecule has 18 heavy (non-hydrogen) atoms. The molecule has 0 spiro atoms. The lowest BCUT2D eigenvalue weighted by Gasteiger charge is -2.37. The van der Waals surface area contributed by atoms with Gasteiger partial charge in [-0.05, 0) is 42.9 Å². The minimum Gasteiger partial charge on any atom is -0.508 e. The lowest BCUT2D eigenvalue weighted by molar-refractivity contribution is -0.138. The third-order valence-corrected chi connectivity index (χ3v) is 3.93. The Morgan fingerprint density at radius 1 is 1.39 bits per heavy atom. The number of aromatic hydroxyl groups is 1. The maximum atomic E-state index is 12.1. The minimum atomic E-state index is -1.57. The third-order valence-electron chi connectivity index (χ3n) is 3.93. The zero-order valence-electron chi connectivity index (χ0n) is 11.3. The molecule has 0 aromatic heterocycles. The fraction of sp³-hybridized carbons (Fsp3) is 0.533. The van der Waals surface area contributed by atoms with Crippen molar-refractivity contribution in [3.63, 3.8) is 0 Å². The first-order valence-electron chi connectivity index (χ1n) is 6.34. The van der Waals surface area contributed by atoms with Gasteiger partial charge >= 0.3 is 0 Å². The zero-order chi connectivity index (χ0) is 13.7. The van der Waals surface area contributed by atoms with Gasteiger partial charge in [0.2, 0.25) is 0 Å². The number of carbonyl (C=O) groups excluding carboxylic acids is 1. The highest BCUT2D eigenvalue weighted by molar-refractivity contribution is 5.92. The van der Waals surface area contributed by atoms with Crippen molar-refractivity contribution in [3.05, 3.63) is 28.8 Å². The summed E-state index contributed by atoms with van der Waals surface area (Å²) in [5, 5.41) is 20.4. The van der Waals surface area contributed by atoms with Gasteiger partial charge in [0.25, 0.3) is 0 Å². The lowest BCUT2D eigenvalue weighted by Crippen LogP contribution is -2.39. The van der Waals surface area contributed by atoms with Crippen molar-refractivity contribution in [1.29, 1.82) is 0 Å². The van der Waals surface area contributed by atoms with Gasteiger partial charge in [-0.1, -0.05) is 19.9 Å². The number of phenols is 1. The Hall–Kier alpha value is -1.35. The van der Waals surface area contributed by atoms with Gasteiger partial charge < -0.3 is 10.2 Å². The summed E-state index contributed by atoms with van der Waals surface area (Å²) in [6.07, 6.45) is 0.334. The molecule has 0 fully saturated rings. The van der Waals surface area contributed by atoms with Crippen LogP contribution in [-0.4, -0.2) is 16.0 Å². The number of carbonyl (C=O) groups is 1. The van der Waals surface area contributed by atoms with Crippen LogP contribution in [0.1, 0.15) is 49.8 Å². The molecule has 0 radical (unpaired) electrons. The fourth-order valence-electron chi connectivity index (χ4n) is 2.86. The highest BCUT2D eigenvalue weighted by atomic mass is 16.3. The molecule has 0 unspecified atom stereocenters. The highest BCUT2D eigenvalue weighted by Crippen LogP contribution is 2.46. The largest absolute Gasteiger partial charge is 0.508 e. The molecule has 1 aromatic rings. The van der Waals surface area contributed by atoms with Crippen LogP contribution in [0.4, 0.5) is 0 Å². The molecule has 3 nitrogen and oxygen atoms in total. The summed E-state index contributed by atoms with van der Waals surface area (Å²) in [5.74, 6) is 0.171. The molecule has 0 heterocycles. The number of Topliss-reactive ketones (excluding diaryl/α,β-unsaturated/α-hetero) is 1. The molecular formula is C15H20O3. The van der Waals surface area contributed by atoms with Gasteiger partial charge in [0, 0.05) is 12.0 Å². The van der Waals surface area contributed by atoms with Gasteiger partial charge in [-0.3, -0.25) is 4.79 Å². The van der Waals surface area contributed by atoms with E-state index in [2.05, 4.69) is 13.8 Å². The number of benzene rings is 1. The van der Waals surface area contributed by atoms with Crippen LogP contribution < -0.4 is 0 Å². The minimum absolute atomic E-state index is 0.0219. The topological polar surface area (TPSA) is 57.5 Å². The SMILES string of the molecule is Cc1cc(O)c2c(c1)[C@H](C(C)C)CC(=O)[C@@]2(C)O. The number of phenolic OH excluding ortho intramolecular Hbond substituents is 1. The average molecular weight is 248 g/mol. The molecule has 2 N–H and O–H groups in total. The number of rotatable bonds is 1. The first-order chi connectivity index (χ1) is 8.25. The van der Waals surface area contributed by atoms with Gasteiger partial charge in [-0.15, -0.1) is 0 Å². The first kappa shape index (κ1) is 13.1. The number of hydrogen-bond donors (Lipinski definition) is 2. The van der Waals surface area contributed by atoms with E-state index in [0.29, 0.717) is 17.9 Å². The van der Waals surface area contributed by atoms with Crippen molar-refractivity contribution in [2.45, 2.75) is 45.6 Å². The smallest absolute Gasteiger partial charge is 0.169 e. The number of hydrogen-bond acceptors (Lipinski definition) is 3. The van der Waals surface area contributed by atoms with E-state index >= 15 is 0 Å². The first-order valence-corrected chi connectivity index (χ1v) is 6.34. The maximum Gasteiger partial charge on any atom is 0.169 e. The van der Waals surface area contributed by atoms with Crippen molar-refractivity contribution < 1.29 is 15.0 Å². The summed E-state index contributed by atoms with van der Waals surface area (Å²) in [7, 11) is 0. The molecule has 98 valence electrons. The summed E-state index contributed by atoms with van der Waals surface area (Å²) in [4.78, 5) is 12.1. The van der Waals surface area contributed by atoms with Gasteiger partial charge in [0.15, 0.2) is 5.78 Å². The Bertz CT molecular complexity index is 501. The second-order valence-corrected chi connectivity index (χ2v) is 5.80. The Kier molecular flexibility index (Phi) is 2.98. The van der Waals surface area contributed by atoms with Crippen LogP contribution in [0.15, 0.2) is 12.1 Å². The van der Waals surface area contributed by atoms with E-state index < -0.39 is 5.60 Å². The molecular weight excluding hydrogens is 228 g/mol. The summed E-state index contributed by atoms with van der Waals surface area (Å²) >= 11 is 0.